The lowest BCUT2D eigenvalue weighted by Crippen LogP contribution is -2.48. The third-order valence-electron chi connectivity index (χ3n) is 6.22. The van der Waals surface area contributed by atoms with Crippen LogP contribution in [0.5, 0.6) is 5.75 Å². The molecule has 1 aliphatic heterocycles. The van der Waals surface area contributed by atoms with Gasteiger partial charge in [0.05, 0.1) is 12.0 Å². The van der Waals surface area contributed by atoms with Gasteiger partial charge in [-0.15, -0.1) is 4.40 Å². The summed E-state index contributed by atoms with van der Waals surface area (Å²) in [5.41, 5.74) is 0. The molecule has 2 aliphatic rings. The first-order valence-corrected chi connectivity index (χ1v) is 12.7. The van der Waals surface area contributed by atoms with Gasteiger partial charge in [0, 0.05) is 31.7 Å². The molecule has 0 bridgehead atoms. The Morgan fingerprint density at radius 3 is 2.30 bits per heavy atom. The van der Waals surface area contributed by atoms with Gasteiger partial charge >= 0.3 is 0 Å². The summed E-state index contributed by atoms with van der Waals surface area (Å²) in [5.74, 6) is 1.86. The van der Waals surface area contributed by atoms with Gasteiger partial charge in [0.2, 0.25) is 0 Å². The largest absolute Gasteiger partial charge is 0.497 e. The second kappa shape index (κ2) is 10.6. The molecule has 1 heterocycles. The third kappa shape index (κ3) is 5.97. The maximum atomic E-state index is 13.2. The van der Waals surface area contributed by atoms with Crippen LogP contribution in [0.3, 0.4) is 0 Å². The first kappa shape index (κ1) is 23.1. The average molecular weight is 437 g/mol. The Bertz CT molecular complexity index is 793. The zero-order valence-electron chi connectivity index (χ0n) is 18.5. The van der Waals surface area contributed by atoms with E-state index in [-0.39, 0.29) is 17.0 Å². The van der Waals surface area contributed by atoms with E-state index >= 15 is 0 Å². The summed E-state index contributed by atoms with van der Waals surface area (Å²) >= 11 is 0. The normalized spacial score (nSPS) is 19.8. The Balaban J connectivity index is 1.95. The minimum Gasteiger partial charge on any atom is -0.497 e. The number of nitrogens with zero attached hydrogens (tertiary/aromatic N) is 2. The second-order valence-electron chi connectivity index (χ2n) is 8.71. The van der Waals surface area contributed by atoms with Crippen LogP contribution in [0.15, 0.2) is 33.6 Å². The van der Waals surface area contributed by atoms with E-state index in [0.29, 0.717) is 11.7 Å². The average Bonchev–Trinajstić information content (AvgIpc) is 2.75. The molecule has 0 aromatic heterocycles. The van der Waals surface area contributed by atoms with Crippen molar-refractivity contribution in [1.29, 1.82) is 0 Å². The van der Waals surface area contributed by atoms with Gasteiger partial charge in [0.1, 0.15) is 11.6 Å². The van der Waals surface area contributed by atoms with Crippen molar-refractivity contribution in [3.05, 3.63) is 24.3 Å². The summed E-state index contributed by atoms with van der Waals surface area (Å²) in [7, 11) is -2.23. The van der Waals surface area contributed by atoms with Gasteiger partial charge in [0.25, 0.3) is 10.0 Å². The van der Waals surface area contributed by atoms with Crippen molar-refractivity contribution < 1.29 is 17.9 Å². The molecule has 1 saturated carbocycles. The molecule has 1 saturated heterocycles. The van der Waals surface area contributed by atoms with Gasteiger partial charge in [-0.25, -0.2) is 0 Å². The fraction of sp³-hybridized carbons (Fsp3) is 0.696. The van der Waals surface area contributed by atoms with Crippen molar-refractivity contribution in [2.45, 2.75) is 82.2 Å². The molecule has 0 radical (unpaired) electrons. The third-order valence-corrected chi connectivity index (χ3v) is 7.54. The molecular weight excluding hydrogens is 400 g/mol. The van der Waals surface area contributed by atoms with Gasteiger partial charge in [-0.3, -0.25) is 0 Å². The molecule has 6 nitrogen and oxygen atoms in total. The Morgan fingerprint density at radius 2 is 1.73 bits per heavy atom. The van der Waals surface area contributed by atoms with E-state index in [1.54, 1.807) is 31.4 Å². The fourth-order valence-corrected chi connectivity index (χ4v) is 5.70. The topological polar surface area (TPSA) is 68.2 Å². The van der Waals surface area contributed by atoms with Crippen LogP contribution in [0.4, 0.5) is 0 Å². The Labute approximate surface area is 181 Å². The summed E-state index contributed by atoms with van der Waals surface area (Å²) < 4.78 is 41.6. The molecule has 0 atom stereocenters. The lowest BCUT2D eigenvalue weighted by atomic mass is 9.86. The molecule has 1 aromatic rings. The highest BCUT2D eigenvalue weighted by Crippen LogP contribution is 2.30. The molecule has 1 aromatic carbocycles. The molecule has 7 heteroatoms. The zero-order valence-corrected chi connectivity index (χ0v) is 19.4. The standard InChI is InChI=1S/C23H36N2O4S/c1-18(2)25(20-13-15-29-16-14-20)23(17-19-7-5-4-6-8-19)24-30(26,27)22-11-9-21(28-3)10-12-22/h9-12,18-20H,4-8,13-17H2,1-3H3/b24-23+. The number of amidine groups is 1. The van der Waals surface area contributed by atoms with Crippen LogP contribution >= 0.6 is 0 Å². The minimum absolute atomic E-state index is 0.182. The molecule has 2 fully saturated rings. The molecular formula is C23H36N2O4S. The van der Waals surface area contributed by atoms with Gasteiger partial charge in [0.15, 0.2) is 0 Å². The van der Waals surface area contributed by atoms with E-state index in [9.17, 15) is 8.42 Å². The van der Waals surface area contributed by atoms with Crippen LogP contribution in [-0.2, 0) is 14.8 Å². The van der Waals surface area contributed by atoms with Crippen molar-refractivity contribution in [3.63, 3.8) is 0 Å². The monoisotopic (exact) mass is 436 g/mol. The Hall–Kier alpha value is -1.60. The van der Waals surface area contributed by atoms with Crippen molar-refractivity contribution in [2.24, 2.45) is 10.3 Å². The lowest BCUT2D eigenvalue weighted by molar-refractivity contribution is 0.0475. The van der Waals surface area contributed by atoms with E-state index in [1.165, 1.54) is 19.3 Å². The quantitative estimate of drug-likeness (QED) is 0.460. The molecule has 0 spiro atoms. The summed E-state index contributed by atoms with van der Waals surface area (Å²) in [6.45, 7) is 5.70. The highest BCUT2D eigenvalue weighted by Gasteiger charge is 2.30. The fourth-order valence-electron chi connectivity index (χ4n) is 4.67. The number of ether oxygens (including phenoxy) is 2. The maximum absolute atomic E-state index is 13.2. The number of sulfonamides is 1. The van der Waals surface area contributed by atoms with E-state index in [4.69, 9.17) is 9.47 Å². The predicted octanol–water partition coefficient (Wildman–Crippen LogP) is 4.64. The molecule has 0 N–H and O–H groups in total. The first-order chi connectivity index (χ1) is 14.4. The maximum Gasteiger partial charge on any atom is 0.283 e. The van der Waals surface area contributed by atoms with Crippen LogP contribution in [0.25, 0.3) is 0 Å². The summed E-state index contributed by atoms with van der Waals surface area (Å²) in [4.78, 5) is 2.47. The van der Waals surface area contributed by atoms with E-state index in [1.807, 2.05) is 0 Å². The van der Waals surface area contributed by atoms with Crippen molar-refractivity contribution in [1.82, 2.24) is 4.90 Å². The first-order valence-electron chi connectivity index (χ1n) is 11.2. The number of methoxy groups -OCH3 is 1. The van der Waals surface area contributed by atoms with Crippen LogP contribution in [0, 0.1) is 5.92 Å². The number of benzene rings is 1. The number of hydrogen-bond donors (Lipinski definition) is 0. The summed E-state index contributed by atoms with van der Waals surface area (Å²) in [6, 6.07) is 6.94. The van der Waals surface area contributed by atoms with E-state index < -0.39 is 10.0 Å². The van der Waals surface area contributed by atoms with Crippen molar-refractivity contribution in [3.8, 4) is 5.75 Å². The van der Waals surface area contributed by atoms with Crippen LogP contribution < -0.4 is 4.74 Å². The minimum atomic E-state index is -3.79. The van der Waals surface area contributed by atoms with Crippen molar-refractivity contribution in [2.75, 3.05) is 20.3 Å². The predicted molar refractivity (Wildman–Crippen MR) is 120 cm³/mol. The highest BCUT2D eigenvalue weighted by molar-refractivity contribution is 7.90. The molecule has 0 amide bonds. The summed E-state index contributed by atoms with van der Waals surface area (Å²) in [5, 5.41) is 0. The smallest absolute Gasteiger partial charge is 0.283 e. The van der Waals surface area contributed by atoms with E-state index in [2.05, 4.69) is 23.1 Å². The number of hydrogen-bond acceptors (Lipinski definition) is 4. The molecule has 168 valence electrons. The molecule has 3 rings (SSSR count). The van der Waals surface area contributed by atoms with Gasteiger partial charge in [-0.1, -0.05) is 32.1 Å². The lowest BCUT2D eigenvalue weighted by Gasteiger charge is -2.40. The summed E-state index contributed by atoms with van der Waals surface area (Å²) in [6.07, 6.45) is 8.58. The zero-order chi connectivity index (χ0) is 21.6. The van der Waals surface area contributed by atoms with Crippen molar-refractivity contribution >= 4 is 15.9 Å². The van der Waals surface area contributed by atoms with Crippen LogP contribution in [-0.4, -0.2) is 51.6 Å². The Morgan fingerprint density at radius 1 is 1.10 bits per heavy atom. The molecule has 0 unspecified atom stereocenters. The highest BCUT2D eigenvalue weighted by atomic mass is 32.2. The second-order valence-corrected chi connectivity index (χ2v) is 10.3. The van der Waals surface area contributed by atoms with Gasteiger partial charge in [-0.05, 0) is 56.9 Å². The van der Waals surface area contributed by atoms with Crippen LogP contribution in [0.2, 0.25) is 0 Å². The molecule has 1 aliphatic carbocycles. The van der Waals surface area contributed by atoms with E-state index in [0.717, 1.165) is 51.2 Å². The van der Waals surface area contributed by atoms with Gasteiger partial charge in [-0.2, -0.15) is 8.42 Å². The van der Waals surface area contributed by atoms with Gasteiger partial charge < -0.3 is 14.4 Å². The Kier molecular flexibility index (Phi) is 8.17. The van der Waals surface area contributed by atoms with Crippen LogP contribution in [0.1, 0.15) is 65.2 Å². The molecule has 30 heavy (non-hydrogen) atoms. The number of rotatable bonds is 7. The SMILES string of the molecule is COc1ccc(S(=O)(=O)/N=C(\CC2CCCCC2)N(C(C)C)C2CCOCC2)cc1.